The first kappa shape index (κ1) is 15.7. The molecule has 21 heavy (non-hydrogen) atoms. The molecule has 0 radical (unpaired) electrons. The Morgan fingerprint density at radius 1 is 1.19 bits per heavy atom. The van der Waals surface area contributed by atoms with E-state index in [0.29, 0.717) is 19.0 Å². The van der Waals surface area contributed by atoms with Crippen LogP contribution in [0.5, 0.6) is 0 Å². The van der Waals surface area contributed by atoms with Crippen molar-refractivity contribution in [2.24, 2.45) is 0 Å². The lowest BCUT2D eigenvalue weighted by atomic mass is 10.4. The van der Waals surface area contributed by atoms with Gasteiger partial charge in [0.1, 0.15) is 17.5 Å². The lowest BCUT2D eigenvalue weighted by molar-refractivity contribution is 0.128. The zero-order chi connectivity index (χ0) is 14.9. The van der Waals surface area contributed by atoms with E-state index in [0.717, 1.165) is 28.7 Å². The molecule has 2 aromatic heterocycles. The zero-order valence-electron chi connectivity index (χ0n) is 12.4. The van der Waals surface area contributed by atoms with E-state index in [4.69, 9.17) is 4.74 Å². The number of hydrogen-bond donors (Lipinski definition) is 1. The second-order valence-corrected chi connectivity index (χ2v) is 5.45. The van der Waals surface area contributed by atoms with Crippen molar-refractivity contribution >= 4 is 17.6 Å². The molecule has 0 saturated heterocycles. The highest BCUT2D eigenvalue weighted by atomic mass is 32.2. The zero-order valence-corrected chi connectivity index (χ0v) is 13.2. The van der Waals surface area contributed by atoms with Crippen molar-refractivity contribution < 1.29 is 4.74 Å². The summed E-state index contributed by atoms with van der Waals surface area (Å²) >= 11 is 1.60. The Balaban J connectivity index is 2.17. The molecule has 0 fully saturated rings. The summed E-state index contributed by atoms with van der Waals surface area (Å²) in [5, 5.41) is 4.21. The van der Waals surface area contributed by atoms with Crippen LogP contribution >= 0.6 is 11.8 Å². The minimum Gasteiger partial charge on any atom is -0.374 e. The van der Waals surface area contributed by atoms with Gasteiger partial charge in [-0.3, -0.25) is 4.98 Å². The molecule has 2 heterocycles. The second kappa shape index (κ2) is 8.59. The van der Waals surface area contributed by atoms with E-state index < -0.39 is 0 Å². The predicted octanol–water partition coefficient (Wildman–Crippen LogP) is 3.38. The molecular formula is C15H20N4OS. The fraction of sp³-hybridized carbons (Fsp3) is 0.400. The van der Waals surface area contributed by atoms with Crippen LogP contribution < -0.4 is 5.32 Å². The predicted molar refractivity (Wildman–Crippen MR) is 84.5 cm³/mol. The third-order valence-corrected chi connectivity index (χ3v) is 3.54. The quantitative estimate of drug-likeness (QED) is 0.754. The van der Waals surface area contributed by atoms with Gasteiger partial charge in [0.05, 0.1) is 0 Å². The Morgan fingerprint density at radius 2 is 2.00 bits per heavy atom. The van der Waals surface area contributed by atoms with Crippen molar-refractivity contribution in [3.8, 4) is 0 Å². The number of hydrogen-bond acceptors (Lipinski definition) is 6. The molecule has 1 N–H and O–H groups in total. The van der Waals surface area contributed by atoms with Crippen LogP contribution in [0.15, 0.2) is 40.5 Å². The normalized spacial score (nSPS) is 10.6. The van der Waals surface area contributed by atoms with Gasteiger partial charge in [0.25, 0.3) is 0 Å². The van der Waals surface area contributed by atoms with Gasteiger partial charge in [-0.15, -0.1) is 0 Å². The molecule has 0 bridgehead atoms. The molecule has 2 rings (SSSR count). The van der Waals surface area contributed by atoms with Crippen molar-refractivity contribution in [2.75, 3.05) is 18.5 Å². The number of nitrogens with one attached hydrogen (secondary N) is 1. The molecule has 0 aliphatic heterocycles. The van der Waals surface area contributed by atoms with Crippen molar-refractivity contribution in [2.45, 2.75) is 36.8 Å². The summed E-state index contributed by atoms with van der Waals surface area (Å²) in [5.74, 6) is 1.55. The SMILES string of the molecule is CCCNc1cc(Sc2ccncc2)nc(COCC)n1. The van der Waals surface area contributed by atoms with Crippen LogP contribution in [0.1, 0.15) is 26.1 Å². The fourth-order valence-electron chi connectivity index (χ4n) is 1.65. The summed E-state index contributed by atoms with van der Waals surface area (Å²) in [4.78, 5) is 14.1. The van der Waals surface area contributed by atoms with Crippen LogP contribution in [0.2, 0.25) is 0 Å². The first-order valence-corrected chi connectivity index (χ1v) is 7.91. The van der Waals surface area contributed by atoms with Gasteiger partial charge < -0.3 is 10.1 Å². The molecular weight excluding hydrogens is 284 g/mol. The molecule has 0 amide bonds. The first-order valence-electron chi connectivity index (χ1n) is 7.09. The lowest BCUT2D eigenvalue weighted by Gasteiger charge is -2.09. The Labute approximate surface area is 129 Å². The molecule has 5 nitrogen and oxygen atoms in total. The van der Waals surface area contributed by atoms with E-state index in [-0.39, 0.29) is 0 Å². The molecule has 112 valence electrons. The largest absolute Gasteiger partial charge is 0.374 e. The van der Waals surface area contributed by atoms with E-state index in [1.54, 1.807) is 24.2 Å². The smallest absolute Gasteiger partial charge is 0.157 e. The number of rotatable bonds is 8. The third kappa shape index (κ3) is 5.32. The minimum absolute atomic E-state index is 0.433. The highest BCUT2D eigenvalue weighted by molar-refractivity contribution is 7.99. The number of ether oxygens (including phenoxy) is 1. The maximum atomic E-state index is 5.41. The van der Waals surface area contributed by atoms with E-state index in [9.17, 15) is 0 Å². The third-order valence-electron chi connectivity index (χ3n) is 2.61. The van der Waals surface area contributed by atoms with Crippen molar-refractivity contribution in [1.82, 2.24) is 15.0 Å². The maximum Gasteiger partial charge on any atom is 0.157 e. The maximum absolute atomic E-state index is 5.41. The summed E-state index contributed by atoms with van der Waals surface area (Å²) in [7, 11) is 0. The van der Waals surface area contributed by atoms with Gasteiger partial charge in [0, 0.05) is 36.5 Å². The molecule has 0 aliphatic carbocycles. The molecule has 0 aliphatic rings. The van der Waals surface area contributed by atoms with Crippen molar-refractivity contribution in [3.05, 3.63) is 36.4 Å². The number of aromatic nitrogens is 3. The average Bonchev–Trinajstić information content (AvgIpc) is 2.52. The average molecular weight is 304 g/mol. The van der Waals surface area contributed by atoms with Crippen LogP contribution in [0, 0.1) is 0 Å². The van der Waals surface area contributed by atoms with Crippen LogP contribution in [-0.2, 0) is 11.3 Å². The highest BCUT2D eigenvalue weighted by Crippen LogP contribution is 2.26. The van der Waals surface area contributed by atoms with E-state index in [1.807, 2.05) is 25.1 Å². The Bertz CT molecular complexity index is 524. The van der Waals surface area contributed by atoms with Gasteiger partial charge in [-0.25, -0.2) is 9.97 Å². The van der Waals surface area contributed by atoms with Gasteiger partial charge in [-0.05, 0) is 25.5 Å². The molecule has 0 saturated carbocycles. The first-order chi connectivity index (χ1) is 10.3. The molecule has 0 unspecified atom stereocenters. The highest BCUT2D eigenvalue weighted by Gasteiger charge is 2.06. The van der Waals surface area contributed by atoms with Gasteiger partial charge in [0.2, 0.25) is 0 Å². The van der Waals surface area contributed by atoms with E-state index in [2.05, 4.69) is 27.2 Å². The van der Waals surface area contributed by atoms with Crippen LogP contribution in [0.4, 0.5) is 5.82 Å². The fourth-order valence-corrected chi connectivity index (χ4v) is 2.47. The monoisotopic (exact) mass is 304 g/mol. The number of nitrogens with zero attached hydrogens (tertiary/aromatic N) is 3. The molecule has 0 aromatic carbocycles. The number of anilines is 1. The summed E-state index contributed by atoms with van der Waals surface area (Å²) in [6.45, 7) is 6.07. The summed E-state index contributed by atoms with van der Waals surface area (Å²) < 4.78 is 5.41. The van der Waals surface area contributed by atoms with E-state index >= 15 is 0 Å². The standard InChI is InChI=1S/C15H20N4OS/c1-3-7-17-13-10-15(19-14(18-13)11-20-4-2)21-12-5-8-16-9-6-12/h5-6,8-10H,3-4,7,11H2,1-2H3,(H,17,18,19). The summed E-state index contributed by atoms with van der Waals surface area (Å²) in [6, 6.07) is 5.90. The molecule has 0 atom stereocenters. The molecule has 0 spiro atoms. The molecule has 6 heteroatoms. The van der Waals surface area contributed by atoms with Crippen molar-refractivity contribution in [3.63, 3.8) is 0 Å². The van der Waals surface area contributed by atoms with Gasteiger partial charge in [-0.1, -0.05) is 18.7 Å². The van der Waals surface area contributed by atoms with Gasteiger partial charge in [0.15, 0.2) is 5.82 Å². The van der Waals surface area contributed by atoms with Crippen molar-refractivity contribution in [1.29, 1.82) is 0 Å². The van der Waals surface area contributed by atoms with Crippen LogP contribution in [-0.4, -0.2) is 28.1 Å². The summed E-state index contributed by atoms with van der Waals surface area (Å²) in [5.41, 5.74) is 0. The topological polar surface area (TPSA) is 59.9 Å². The Kier molecular flexibility index (Phi) is 6.43. The van der Waals surface area contributed by atoms with Gasteiger partial charge >= 0.3 is 0 Å². The van der Waals surface area contributed by atoms with Crippen LogP contribution in [0.3, 0.4) is 0 Å². The molecule has 2 aromatic rings. The van der Waals surface area contributed by atoms with E-state index in [1.165, 1.54) is 0 Å². The Morgan fingerprint density at radius 3 is 2.71 bits per heavy atom. The van der Waals surface area contributed by atoms with Crippen LogP contribution in [0.25, 0.3) is 0 Å². The van der Waals surface area contributed by atoms with Gasteiger partial charge in [-0.2, -0.15) is 0 Å². The Hall–Kier alpha value is -1.66. The lowest BCUT2D eigenvalue weighted by Crippen LogP contribution is -2.07. The number of pyridine rings is 1. The summed E-state index contributed by atoms with van der Waals surface area (Å²) in [6.07, 6.45) is 4.61. The minimum atomic E-state index is 0.433. The second-order valence-electron chi connectivity index (χ2n) is 4.36.